The van der Waals surface area contributed by atoms with Crippen LogP contribution in [0.2, 0.25) is 0 Å². The summed E-state index contributed by atoms with van der Waals surface area (Å²) in [6.45, 7) is 1.85. The first-order chi connectivity index (χ1) is 3.81. The van der Waals surface area contributed by atoms with Gasteiger partial charge >= 0.3 is 0 Å². The van der Waals surface area contributed by atoms with Gasteiger partial charge in [0.15, 0.2) is 5.12 Å². The highest BCUT2D eigenvalue weighted by Crippen LogP contribution is 2.04. The third-order valence-electron chi connectivity index (χ3n) is 0.629. The van der Waals surface area contributed by atoms with Gasteiger partial charge in [0.05, 0.1) is 0 Å². The zero-order chi connectivity index (χ0) is 6.41. The summed E-state index contributed by atoms with van der Waals surface area (Å²) in [5, 5.41) is 0.227. The van der Waals surface area contributed by atoms with E-state index in [9.17, 15) is 4.79 Å². The topological polar surface area (TPSA) is 17.1 Å². The molecule has 0 aromatic heterocycles. The fourth-order valence-electron chi connectivity index (χ4n) is 0.254. The molecule has 0 aromatic carbocycles. The monoisotopic (exact) mass is 152 g/mol. The average molecular weight is 153 g/mol. The molecule has 1 nitrogen and oxygen atoms in total. The molecule has 8 heavy (non-hydrogen) atoms. The first-order valence-corrected chi connectivity index (χ1v) is 4.04. The summed E-state index contributed by atoms with van der Waals surface area (Å²) in [6, 6.07) is 0. The minimum Gasteiger partial charge on any atom is -0.287 e. The second kappa shape index (κ2) is 5.45. The molecule has 0 unspecified atom stereocenters. The molecule has 0 rings (SSSR count). The highest BCUT2D eigenvalue weighted by Gasteiger charge is 1.94. The molecule has 0 bridgehead atoms. The quantitative estimate of drug-likeness (QED) is 0.575. The summed E-state index contributed by atoms with van der Waals surface area (Å²) in [5.41, 5.74) is 0. The van der Waals surface area contributed by atoms with Crippen molar-refractivity contribution < 1.29 is 4.79 Å². The lowest BCUT2D eigenvalue weighted by atomic mass is 10.6. The van der Waals surface area contributed by atoms with Gasteiger partial charge < -0.3 is 0 Å². The number of halogens is 1. The van der Waals surface area contributed by atoms with E-state index in [4.69, 9.17) is 11.6 Å². The van der Waals surface area contributed by atoms with E-state index in [1.807, 2.05) is 6.92 Å². The Hall–Kier alpha value is 0.310. The van der Waals surface area contributed by atoms with Crippen molar-refractivity contribution >= 4 is 28.5 Å². The van der Waals surface area contributed by atoms with Gasteiger partial charge in [-0.15, -0.1) is 11.6 Å². The molecule has 0 aliphatic heterocycles. The van der Waals surface area contributed by atoms with E-state index in [1.165, 1.54) is 11.8 Å². The number of hydrogen-bond acceptors (Lipinski definition) is 2. The molecule has 0 atom stereocenters. The van der Waals surface area contributed by atoms with E-state index in [1.54, 1.807) is 0 Å². The van der Waals surface area contributed by atoms with E-state index >= 15 is 0 Å². The number of thioether (sulfide) groups is 1. The van der Waals surface area contributed by atoms with Gasteiger partial charge in [0.1, 0.15) is 0 Å². The minimum absolute atomic E-state index is 0.227. The Bertz CT molecular complexity index is 74.8. The van der Waals surface area contributed by atoms with Crippen LogP contribution in [0.25, 0.3) is 0 Å². The van der Waals surface area contributed by atoms with Gasteiger partial charge in [-0.3, -0.25) is 4.79 Å². The Morgan fingerprint density at radius 2 is 2.38 bits per heavy atom. The predicted octanol–water partition coefficient (Wildman–Crippen LogP) is 1.90. The number of hydrogen-bond donors (Lipinski definition) is 0. The maximum absolute atomic E-state index is 10.5. The van der Waals surface area contributed by atoms with Crippen molar-refractivity contribution in [3.05, 3.63) is 0 Å². The van der Waals surface area contributed by atoms with E-state index in [2.05, 4.69) is 0 Å². The van der Waals surface area contributed by atoms with Gasteiger partial charge in [-0.2, -0.15) is 0 Å². The minimum atomic E-state index is 0.227. The average Bonchev–Trinajstić information content (AvgIpc) is 1.83. The fraction of sp³-hybridized carbons (Fsp3) is 0.800. The molecule has 0 fully saturated rings. The highest BCUT2D eigenvalue weighted by molar-refractivity contribution is 8.13. The van der Waals surface area contributed by atoms with Gasteiger partial charge in [-0.25, -0.2) is 0 Å². The second-order valence-corrected chi connectivity index (χ2v) is 2.79. The molecule has 48 valence electrons. The Morgan fingerprint density at radius 1 is 1.75 bits per heavy atom. The van der Waals surface area contributed by atoms with Crippen molar-refractivity contribution in [2.45, 2.75) is 13.3 Å². The first kappa shape index (κ1) is 8.31. The van der Waals surface area contributed by atoms with Crippen molar-refractivity contribution in [1.29, 1.82) is 0 Å². The molecule has 0 aliphatic carbocycles. The second-order valence-electron chi connectivity index (χ2n) is 1.26. The van der Waals surface area contributed by atoms with E-state index < -0.39 is 0 Å². The van der Waals surface area contributed by atoms with Crippen LogP contribution in [0.4, 0.5) is 0 Å². The summed E-state index contributed by atoms with van der Waals surface area (Å²) >= 11 is 6.64. The zero-order valence-corrected chi connectivity index (χ0v) is 6.39. The zero-order valence-electron chi connectivity index (χ0n) is 4.82. The summed E-state index contributed by atoms with van der Waals surface area (Å²) in [7, 11) is 0. The van der Waals surface area contributed by atoms with Crippen LogP contribution < -0.4 is 0 Å². The fourth-order valence-corrected chi connectivity index (χ4v) is 0.995. The molecule has 0 heterocycles. The standard InChI is InChI=1S/C5H9ClOS/c1-2-5(7)8-4-3-6/h2-4H2,1H3. The lowest BCUT2D eigenvalue weighted by molar-refractivity contribution is -0.110. The number of rotatable bonds is 3. The number of alkyl halides is 1. The van der Waals surface area contributed by atoms with Gasteiger partial charge in [0, 0.05) is 18.1 Å². The lowest BCUT2D eigenvalue weighted by Gasteiger charge is -1.90. The van der Waals surface area contributed by atoms with Crippen LogP contribution in [0.1, 0.15) is 13.3 Å². The number of carbonyl (C=O) groups is 1. The molecule has 0 aromatic rings. The molecule has 0 N–H and O–H groups in total. The summed E-state index contributed by atoms with van der Waals surface area (Å²) < 4.78 is 0. The summed E-state index contributed by atoms with van der Waals surface area (Å²) in [4.78, 5) is 10.5. The van der Waals surface area contributed by atoms with E-state index in [-0.39, 0.29) is 5.12 Å². The third-order valence-corrected chi connectivity index (χ3v) is 2.06. The predicted molar refractivity (Wildman–Crippen MR) is 38.5 cm³/mol. The first-order valence-electron chi connectivity index (χ1n) is 2.52. The highest BCUT2D eigenvalue weighted by atomic mass is 35.5. The lowest BCUT2D eigenvalue weighted by Crippen LogP contribution is -1.89. The van der Waals surface area contributed by atoms with Crippen molar-refractivity contribution in [3.8, 4) is 0 Å². The van der Waals surface area contributed by atoms with Crippen LogP contribution in [0, 0.1) is 0 Å². The molecule has 0 amide bonds. The smallest absolute Gasteiger partial charge is 0.188 e. The van der Waals surface area contributed by atoms with Gasteiger partial charge in [0.2, 0.25) is 0 Å². The molecule has 0 spiro atoms. The van der Waals surface area contributed by atoms with Gasteiger partial charge in [-0.05, 0) is 0 Å². The van der Waals surface area contributed by atoms with Crippen LogP contribution in [0.5, 0.6) is 0 Å². The molecular weight excluding hydrogens is 144 g/mol. The van der Waals surface area contributed by atoms with Crippen LogP contribution in [0.3, 0.4) is 0 Å². The van der Waals surface area contributed by atoms with Gasteiger partial charge in [-0.1, -0.05) is 18.7 Å². The molecule has 0 aliphatic rings. The van der Waals surface area contributed by atoms with Crippen LogP contribution >= 0.6 is 23.4 Å². The van der Waals surface area contributed by atoms with E-state index in [0.717, 1.165) is 5.75 Å². The summed E-state index contributed by atoms with van der Waals surface area (Å²) in [5.74, 6) is 1.31. The molecule has 0 radical (unpaired) electrons. The number of carbonyl (C=O) groups excluding carboxylic acids is 1. The van der Waals surface area contributed by atoms with Crippen LogP contribution in [-0.4, -0.2) is 16.7 Å². The van der Waals surface area contributed by atoms with Crippen molar-refractivity contribution in [2.75, 3.05) is 11.6 Å². The molecule has 3 heteroatoms. The molecule has 0 saturated carbocycles. The largest absolute Gasteiger partial charge is 0.287 e. The molecule has 0 saturated heterocycles. The molecular formula is C5H9ClOS. The van der Waals surface area contributed by atoms with Crippen molar-refractivity contribution in [3.63, 3.8) is 0 Å². The maximum Gasteiger partial charge on any atom is 0.188 e. The Kier molecular flexibility index (Phi) is 5.66. The SMILES string of the molecule is CCC(=O)SCCCl. The Labute approximate surface area is 58.8 Å². The Balaban J connectivity index is 2.99. The maximum atomic E-state index is 10.5. The van der Waals surface area contributed by atoms with Crippen molar-refractivity contribution in [2.24, 2.45) is 0 Å². The third kappa shape index (κ3) is 4.47. The Morgan fingerprint density at radius 3 is 2.75 bits per heavy atom. The van der Waals surface area contributed by atoms with E-state index in [0.29, 0.717) is 12.3 Å². The van der Waals surface area contributed by atoms with Crippen LogP contribution in [0.15, 0.2) is 0 Å². The van der Waals surface area contributed by atoms with Crippen molar-refractivity contribution in [1.82, 2.24) is 0 Å². The van der Waals surface area contributed by atoms with Gasteiger partial charge in [0.25, 0.3) is 0 Å². The van der Waals surface area contributed by atoms with Crippen LogP contribution in [-0.2, 0) is 4.79 Å². The summed E-state index contributed by atoms with van der Waals surface area (Å²) in [6.07, 6.45) is 0.613. The normalized spacial score (nSPS) is 9.25.